The van der Waals surface area contributed by atoms with Gasteiger partial charge in [0.05, 0.1) is 16.5 Å². The summed E-state index contributed by atoms with van der Waals surface area (Å²) in [5.74, 6) is 0.107. The fourth-order valence-corrected chi connectivity index (χ4v) is 4.59. The molecule has 10 heteroatoms. The summed E-state index contributed by atoms with van der Waals surface area (Å²) in [4.78, 5) is 4.78. The second-order valence-corrected chi connectivity index (χ2v) is 8.67. The number of fused-ring (bicyclic) bond motifs is 1. The number of anilines is 1. The van der Waals surface area contributed by atoms with Crippen LogP contribution in [-0.4, -0.2) is 28.8 Å². The van der Waals surface area contributed by atoms with Crippen molar-refractivity contribution in [3.8, 4) is 11.3 Å². The van der Waals surface area contributed by atoms with Gasteiger partial charge in [0.15, 0.2) is 0 Å². The molecule has 0 unspecified atom stereocenters. The fraction of sp³-hybridized carbons (Fsp3) is 0.286. The van der Waals surface area contributed by atoms with Crippen LogP contribution in [-0.2, 0) is 10.0 Å². The Balaban J connectivity index is 1.95. The Bertz CT molecular complexity index is 982. The highest BCUT2D eigenvalue weighted by Crippen LogP contribution is 2.33. The molecule has 0 aliphatic rings. The van der Waals surface area contributed by atoms with Crippen LogP contribution < -0.4 is 4.72 Å². The maximum atomic E-state index is 12.0. The van der Waals surface area contributed by atoms with Crippen molar-refractivity contribution in [3.63, 3.8) is 0 Å². The lowest BCUT2D eigenvalue weighted by atomic mass is 10.2. The Morgan fingerprint density at radius 2 is 2.12 bits per heavy atom. The Kier molecular flexibility index (Phi) is 5.00. The van der Waals surface area contributed by atoms with Gasteiger partial charge in [-0.2, -0.15) is 4.98 Å². The molecule has 0 aliphatic heterocycles. The second kappa shape index (κ2) is 6.87. The molecule has 6 nitrogen and oxygen atoms in total. The van der Waals surface area contributed by atoms with Crippen molar-refractivity contribution in [1.29, 1.82) is 0 Å². The summed E-state index contributed by atoms with van der Waals surface area (Å²) in [6.45, 7) is 1.93. The Hall–Kier alpha value is -1.35. The van der Waals surface area contributed by atoms with E-state index in [9.17, 15) is 8.42 Å². The molecule has 2 aromatic heterocycles. The third-order valence-corrected chi connectivity index (χ3v) is 5.99. The summed E-state index contributed by atoms with van der Waals surface area (Å²) in [7, 11) is -3.44. The quantitative estimate of drug-likeness (QED) is 0.663. The van der Waals surface area contributed by atoms with Crippen molar-refractivity contribution < 1.29 is 8.42 Å². The summed E-state index contributed by atoms with van der Waals surface area (Å²) in [5, 5.41) is 7.13. The molecule has 2 heterocycles. The van der Waals surface area contributed by atoms with E-state index in [-0.39, 0.29) is 11.7 Å². The molecule has 128 valence electrons. The molecule has 0 radical (unpaired) electrons. The van der Waals surface area contributed by atoms with Gasteiger partial charge in [-0.3, -0.25) is 0 Å². The van der Waals surface area contributed by atoms with Crippen LogP contribution in [0, 0.1) is 0 Å². The Labute approximate surface area is 153 Å². The lowest BCUT2D eigenvalue weighted by molar-refractivity contribution is 0.597. The number of benzene rings is 1. The number of hydrogen-bond acceptors (Lipinski definition) is 5. The SMILES string of the molecule is CCCCS(=O)(=O)Nc1nc2scc(-c3ccc(Cl)cc3Cl)n2n1. The molecule has 0 atom stereocenters. The molecular weight excluding hydrogens is 391 g/mol. The minimum atomic E-state index is -3.44. The lowest BCUT2D eigenvalue weighted by Gasteiger charge is -2.04. The first-order chi connectivity index (χ1) is 11.4. The predicted octanol–water partition coefficient (Wildman–Crippen LogP) is 4.31. The molecular formula is C14H14Cl2N4O2S2. The maximum absolute atomic E-state index is 12.0. The molecule has 0 bridgehead atoms. The van der Waals surface area contributed by atoms with Gasteiger partial charge in [-0.15, -0.1) is 16.4 Å². The summed E-state index contributed by atoms with van der Waals surface area (Å²) >= 11 is 13.5. The molecule has 0 saturated carbocycles. The van der Waals surface area contributed by atoms with Gasteiger partial charge in [0.2, 0.25) is 15.0 Å². The Morgan fingerprint density at radius 1 is 1.33 bits per heavy atom. The monoisotopic (exact) mass is 404 g/mol. The van der Waals surface area contributed by atoms with Crippen LogP contribution in [0.2, 0.25) is 10.0 Å². The normalized spacial score (nSPS) is 12.0. The van der Waals surface area contributed by atoms with Crippen molar-refractivity contribution in [2.24, 2.45) is 0 Å². The van der Waals surface area contributed by atoms with Crippen LogP contribution in [0.1, 0.15) is 19.8 Å². The van der Waals surface area contributed by atoms with Crippen molar-refractivity contribution in [2.45, 2.75) is 19.8 Å². The third kappa shape index (κ3) is 3.66. The molecule has 0 amide bonds. The number of sulfonamides is 1. The smallest absolute Gasteiger partial charge is 0.250 e. The molecule has 1 aromatic carbocycles. The predicted molar refractivity (Wildman–Crippen MR) is 98.6 cm³/mol. The van der Waals surface area contributed by atoms with E-state index in [0.717, 1.165) is 17.7 Å². The van der Waals surface area contributed by atoms with Crippen LogP contribution in [0.15, 0.2) is 23.6 Å². The zero-order valence-corrected chi connectivity index (χ0v) is 15.8. The van der Waals surface area contributed by atoms with E-state index in [4.69, 9.17) is 23.2 Å². The lowest BCUT2D eigenvalue weighted by Crippen LogP contribution is -2.17. The van der Waals surface area contributed by atoms with Crippen LogP contribution in [0.5, 0.6) is 0 Å². The van der Waals surface area contributed by atoms with Gasteiger partial charge in [-0.25, -0.2) is 17.7 Å². The summed E-state index contributed by atoms with van der Waals surface area (Å²) in [6, 6.07) is 5.17. The van der Waals surface area contributed by atoms with E-state index >= 15 is 0 Å². The maximum Gasteiger partial charge on any atom is 0.257 e. The minimum absolute atomic E-state index is 0.0478. The van der Waals surface area contributed by atoms with Gasteiger partial charge >= 0.3 is 0 Å². The van der Waals surface area contributed by atoms with Crippen LogP contribution in [0.25, 0.3) is 16.2 Å². The van der Waals surface area contributed by atoms with Crippen LogP contribution in [0.3, 0.4) is 0 Å². The first kappa shape index (κ1) is 17.5. The second-order valence-electron chi connectivity index (χ2n) is 5.15. The summed E-state index contributed by atoms with van der Waals surface area (Å²) in [6.07, 6.45) is 1.38. The van der Waals surface area contributed by atoms with Crippen LogP contribution in [0.4, 0.5) is 5.95 Å². The molecule has 1 N–H and O–H groups in total. The number of thiazole rings is 1. The highest BCUT2D eigenvalue weighted by Gasteiger charge is 2.17. The molecule has 0 aliphatic carbocycles. The van der Waals surface area contributed by atoms with Gasteiger partial charge in [-0.05, 0) is 24.6 Å². The first-order valence-corrected chi connectivity index (χ1v) is 10.5. The first-order valence-electron chi connectivity index (χ1n) is 7.20. The van der Waals surface area contributed by atoms with Gasteiger partial charge < -0.3 is 0 Å². The number of unbranched alkanes of at least 4 members (excludes halogenated alkanes) is 1. The van der Waals surface area contributed by atoms with Gasteiger partial charge in [0.25, 0.3) is 5.95 Å². The Morgan fingerprint density at radius 3 is 2.83 bits per heavy atom. The zero-order valence-electron chi connectivity index (χ0n) is 12.7. The van der Waals surface area contributed by atoms with Gasteiger partial charge in [0.1, 0.15) is 0 Å². The minimum Gasteiger partial charge on any atom is -0.250 e. The average Bonchev–Trinajstić information content (AvgIpc) is 3.05. The molecule has 0 fully saturated rings. The molecule has 3 aromatic rings. The molecule has 0 saturated heterocycles. The van der Waals surface area contributed by atoms with Gasteiger partial charge in [-0.1, -0.05) is 36.5 Å². The number of nitrogens with zero attached hydrogens (tertiary/aromatic N) is 3. The van der Waals surface area contributed by atoms with Crippen LogP contribution >= 0.6 is 34.5 Å². The zero-order chi connectivity index (χ0) is 17.3. The van der Waals surface area contributed by atoms with Gasteiger partial charge in [0, 0.05) is 16.0 Å². The standard InChI is InChI=1S/C14H14Cl2N4O2S2/c1-2-3-6-24(21,22)19-13-17-14-20(18-13)12(8-23-14)10-5-4-9(15)7-11(10)16/h4-5,7-8H,2-3,6H2,1H3,(H,18,19). The van der Waals surface area contributed by atoms with E-state index in [1.807, 2.05) is 12.3 Å². The van der Waals surface area contributed by atoms with E-state index in [1.54, 1.807) is 22.7 Å². The number of nitrogens with one attached hydrogen (secondary N) is 1. The molecule has 0 spiro atoms. The topological polar surface area (TPSA) is 76.4 Å². The van der Waals surface area contributed by atoms with E-state index in [0.29, 0.717) is 21.4 Å². The van der Waals surface area contributed by atoms with E-state index in [2.05, 4.69) is 14.8 Å². The number of halogens is 2. The average molecular weight is 405 g/mol. The van der Waals surface area contributed by atoms with E-state index < -0.39 is 10.0 Å². The number of aromatic nitrogens is 3. The fourth-order valence-electron chi connectivity index (χ4n) is 2.13. The third-order valence-electron chi connectivity index (χ3n) is 3.30. The van der Waals surface area contributed by atoms with Crippen molar-refractivity contribution >= 4 is 55.5 Å². The largest absolute Gasteiger partial charge is 0.257 e. The van der Waals surface area contributed by atoms with E-state index in [1.165, 1.54) is 11.3 Å². The number of rotatable bonds is 6. The van der Waals surface area contributed by atoms with Crippen molar-refractivity contribution in [1.82, 2.24) is 14.6 Å². The highest BCUT2D eigenvalue weighted by atomic mass is 35.5. The van der Waals surface area contributed by atoms with Crippen molar-refractivity contribution in [2.75, 3.05) is 10.5 Å². The van der Waals surface area contributed by atoms with Crippen molar-refractivity contribution in [3.05, 3.63) is 33.6 Å². The molecule has 24 heavy (non-hydrogen) atoms. The number of hydrogen-bond donors (Lipinski definition) is 1. The summed E-state index contributed by atoms with van der Waals surface area (Å²) < 4.78 is 27.9. The summed E-state index contributed by atoms with van der Waals surface area (Å²) in [5.41, 5.74) is 1.47. The highest BCUT2D eigenvalue weighted by molar-refractivity contribution is 7.92. The molecule has 3 rings (SSSR count).